The van der Waals surface area contributed by atoms with Gasteiger partial charge in [0.1, 0.15) is 23.7 Å². The van der Waals surface area contributed by atoms with E-state index in [9.17, 15) is 9.59 Å². The van der Waals surface area contributed by atoms with Crippen molar-refractivity contribution in [1.82, 2.24) is 4.98 Å². The molecule has 196 valence electrons. The molecule has 0 spiro atoms. The van der Waals surface area contributed by atoms with Gasteiger partial charge in [0, 0.05) is 47.5 Å². The van der Waals surface area contributed by atoms with Crippen molar-refractivity contribution in [2.75, 3.05) is 18.5 Å². The van der Waals surface area contributed by atoms with Crippen LogP contribution >= 0.6 is 0 Å². The van der Waals surface area contributed by atoms with Crippen molar-refractivity contribution in [2.24, 2.45) is 0 Å². The Morgan fingerprint density at radius 2 is 1.77 bits per heavy atom. The number of pyridine rings is 1. The fraction of sp³-hybridized carbons (Fsp3) is 0.156. The van der Waals surface area contributed by atoms with Crippen LogP contribution in [0.5, 0.6) is 5.75 Å². The summed E-state index contributed by atoms with van der Waals surface area (Å²) in [6, 6.07) is 26.1. The first kappa shape index (κ1) is 25.9. The van der Waals surface area contributed by atoms with Crippen molar-refractivity contribution in [3.8, 4) is 28.3 Å². The Morgan fingerprint density at radius 3 is 2.51 bits per heavy atom. The molecule has 0 unspecified atom stereocenters. The van der Waals surface area contributed by atoms with Gasteiger partial charge < -0.3 is 19.6 Å². The molecule has 39 heavy (non-hydrogen) atoms. The number of nitrogens with one attached hydrogen (secondary N) is 1. The fourth-order valence-corrected chi connectivity index (χ4v) is 4.49. The molecule has 0 aliphatic heterocycles. The zero-order chi connectivity index (χ0) is 27.4. The van der Waals surface area contributed by atoms with E-state index in [1.165, 1.54) is 6.92 Å². The highest BCUT2D eigenvalue weighted by atomic mass is 16.5. The lowest BCUT2D eigenvalue weighted by molar-refractivity contribution is -0.114. The minimum atomic E-state index is -0.131. The van der Waals surface area contributed by atoms with Gasteiger partial charge in [0.05, 0.1) is 17.7 Å². The monoisotopic (exact) mass is 520 g/mol. The number of aliphatic hydroxyl groups is 1. The number of hydrogen-bond acceptors (Lipinski definition) is 6. The van der Waals surface area contributed by atoms with Crippen LogP contribution in [0, 0.1) is 6.92 Å². The molecule has 3 aromatic carbocycles. The van der Waals surface area contributed by atoms with E-state index < -0.39 is 0 Å². The molecular weight excluding hydrogens is 492 g/mol. The summed E-state index contributed by atoms with van der Waals surface area (Å²) in [5.41, 5.74) is 5.73. The molecule has 0 aliphatic carbocycles. The third-order valence-corrected chi connectivity index (χ3v) is 6.26. The SMILES string of the molecule is CC(=O)Nc1ccc(-c2cccc(Cc3c(-c4cccc(C)c4)oc4cc(OCCO)ccc4c3=O)n2)cc1. The normalized spacial score (nSPS) is 10.9. The number of carbonyl (C=O) groups excluding carboxylic acids is 1. The smallest absolute Gasteiger partial charge is 0.221 e. The number of benzene rings is 3. The number of nitrogens with zero attached hydrogens (tertiary/aromatic N) is 1. The molecule has 0 radical (unpaired) electrons. The minimum absolute atomic E-state index is 0.110. The van der Waals surface area contributed by atoms with E-state index in [0.29, 0.717) is 33.7 Å². The van der Waals surface area contributed by atoms with Gasteiger partial charge in [0.25, 0.3) is 0 Å². The van der Waals surface area contributed by atoms with Crippen LogP contribution in [0.3, 0.4) is 0 Å². The molecule has 2 aromatic heterocycles. The van der Waals surface area contributed by atoms with E-state index in [2.05, 4.69) is 5.32 Å². The fourth-order valence-electron chi connectivity index (χ4n) is 4.49. The molecule has 7 heteroatoms. The summed E-state index contributed by atoms with van der Waals surface area (Å²) in [5.74, 6) is 0.874. The molecule has 2 N–H and O–H groups in total. The van der Waals surface area contributed by atoms with Crippen LogP contribution in [-0.4, -0.2) is 29.2 Å². The molecule has 5 aromatic rings. The zero-order valence-corrected chi connectivity index (χ0v) is 21.7. The van der Waals surface area contributed by atoms with E-state index >= 15 is 0 Å². The topological polar surface area (TPSA) is 102 Å². The van der Waals surface area contributed by atoms with E-state index in [0.717, 1.165) is 28.1 Å². The largest absolute Gasteiger partial charge is 0.491 e. The van der Waals surface area contributed by atoms with Gasteiger partial charge >= 0.3 is 0 Å². The van der Waals surface area contributed by atoms with Crippen molar-refractivity contribution in [2.45, 2.75) is 20.3 Å². The molecule has 0 saturated carbocycles. The number of carbonyl (C=O) groups is 1. The highest BCUT2D eigenvalue weighted by molar-refractivity contribution is 5.89. The summed E-state index contributed by atoms with van der Waals surface area (Å²) in [5, 5.41) is 12.3. The van der Waals surface area contributed by atoms with Gasteiger partial charge in [-0.2, -0.15) is 0 Å². The van der Waals surface area contributed by atoms with Gasteiger partial charge in [-0.3, -0.25) is 14.6 Å². The number of anilines is 1. The maximum Gasteiger partial charge on any atom is 0.221 e. The van der Waals surface area contributed by atoms with Crippen LogP contribution in [0.4, 0.5) is 5.69 Å². The van der Waals surface area contributed by atoms with Crippen molar-refractivity contribution < 1.29 is 19.1 Å². The first-order valence-corrected chi connectivity index (χ1v) is 12.7. The quantitative estimate of drug-likeness (QED) is 0.270. The minimum Gasteiger partial charge on any atom is -0.491 e. The summed E-state index contributed by atoms with van der Waals surface area (Å²) in [6.07, 6.45) is 0.280. The van der Waals surface area contributed by atoms with Gasteiger partial charge in [-0.05, 0) is 49.4 Å². The van der Waals surface area contributed by atoms with E-state index in [1.54, 1.807) is 18.2 Å². The van der Waals surface area contributed by atoms with Crippen molar-refractivity contribution in [1.29, 1.82) is 0 Å². The van der Waals surface area contributed by atoms with Crippen LogP contribution < -0.4 is 15.5 Å². The first-order chi connectivity index (χ1) is 18.9. The summed E-state index contributed by atoms with van der Waals surface area (Å²) >= 11 is 0. The third kappa shape index (κ3) is 5.89. The number of amides is 1. The Morgan fingerprint density at radius 1 is 0.974 bits per heavy atom. The van der Waals surface area contributed by atoms with Gasteiger partial charge in [0.2, 0.25) is 5.91 Å². The van der Waals surface area contributed by atoms with Crippen LogP contribution in [0.1, 0.15) is 23.7 Å². The Labute approximate surface area is 225 Å². The van der Waals surface area contributed by atoms with Crippen molar-refractivity contribution in [3.05, 3.63) is 112 Å². The van der Waals surface area contributed by atoms with E-state index in [-0.39, 0.29) is 31.0 Å². The molecule has 0 atom stereocenters. The van der Waals surface area contributed by atoms with Crippen LogP contribution in [0.15, 0.2) is 94.1 Å². The molecule has 5 rings (SSSR count). The van der Waals surface area contributed by atoms with Gasteiger partial charge in [-0.1, -0.05) is 42.0 Å². The Balaban J connectivity index is 1.57. The molecule has 0 bridgehead atoms. The molecule has 0 saturated heterocycles. The Bertz CT molecular complexity index is 1710. The maximum absolute atomic E-state index is 13.8. The lowest BCUT2D eigenvalue weighted by Crippen LogP contribution is -2.13. The predicted octanol–water partition coefficient (Wildman–Crippen LogP) is 5.75. The molecule has 0 fully saturated rings. The summed E-state index contributed by atoms with van der Waals surface area (Å²) < 4.78 is 11.9. The number of aliphatic hydroxyl groups excluding tert-OH is 1. The molecule has 7 nitrogen and oxygen atoms in total. The number of aromatic nitrogens is 1. The maximum atomic E-state index is 13.8. The average Bonchev–Trinajstić information content (AvgIpc) is 2.93. The van der Waals surface area contributed by atoms with Gasteiger partial charge in [-0.15, -0.1) is 0 Å². The number of ether oxygens (including phenoxy) is 1. The van der Waals surface area contributed by atoms with Crippen LogP contribution in [0.2, 0.25) is 0 Å². The lowest BCUT2D eigenvalue weighted by Gasteiger charge is -2.12. The Hall–Kier alpha value is -4.75. The zero-order valence-electron chi connectivity index (χ0n) is 21.7. The van der Waals surface area contributed by atoms with Gasteiger partial charge in [-0.25, -0.2) is 0 Å². The molecular formula is C32H28N2O5. The van der Waals surface area contributed by atoms with Crippen molar-refractivity contribution >= 4 is 22.6 Å². The average molecular weight is 521 g/mol. The summed E-state index contributed by atoms with van der Waals surface area (Å²) in [4.78, 5) is 30.0. The molecule has 0 aliphatic rings. The number of fused-ring (bicyclic) bond motifs is 1. The van der Waals surface area contributed by atoms with E-state index in [4.69, 9.17) is 19.2 Å². The van der Waals surface area contributed by atoms with E-state index in [1.807, 2.05) is 73.7 Å². The molecule has 1 amide bonds. The second kappa shape index (κ2) is 11.3. The standard InChI is InChI=1S/C32H28N2O5/c1-20-5-3-6-23(17-20)32-28(31(37)27-14-13-26(38-16-15-35)19-30(27)39-32)18-25-7-4-8-29(34-25)22-9-11-24(12-10-22)33-21(2)36/h3-14,17,19,35H,15-16,18H2,1-2H3,(H,33,36). The van der Waals surface area contributed by atoms with Crippen LogP contribution in [0.25, 0.3) is 33.6 Å². The highest BCUT2D eigenvalue weighted by Gasteiger charge is 2.18. The van der Waals surface area contributed by atoms with Crippen LogP contribution in [-0.2, 0) is 11.2 Å². The second-order valence-corrected chi connectivity index (χ2v) is 9.29. The lowest BCUT2D eigenvalue weighted by atomic mass is 9.99. The molecule has 2 heterocycles. The Kier molecular flexibility index (Phi) is 7.52. The van der Waals surface area contributed by atoms with Gasteiger partial charge in [0.15, 0.2) is 5.43 Å². The number of rotatable bonds is 8. The summed E-state index contributed by atoms with van der Waals surface area (Å²) in [7, 11) is 0. The number of hydrogen-bond donors (Lipinski definition) is 2. The summed E-state index contributed by atoms with van der Waals surface area (Å²) in [6.45, 7) is 3.50. The first-order valence-electron chi connectivity index (χ1n) is 12.7. The second-order valence-electron chi connectivity index (χ2n) is 9.29. The van der Waals surface area contributed by atoms with Crippen molar-refractivity contribution in [3.63, 3.8) is 0 Å². The third-order valence-electron chi connectivity index (χ3n) is 6.26. The highest BCUT2D eigenvalue weighted by Crippen LogP contribution is 2.30. The number of aryl methyl sites for hydroxylation is 1. The predicted molar refractivity (Wildman–Crippen MR) is 152 cm³/mol.